The standard InChI is InChI=1S/C33H38ClF3N10O3/c1-5-20(10-11-43(2)3)31(49)45-12-14-46(15-13-45)32(50)23-8-7-22(16-25(23)34)41-30(48)29-40-18-26(44(29)4)24-19-47(42-28(24)33(35,36)37)27-9-6-21(38)17-39-27/h6-9,16-20H,5,10-15,38H2,1-4H3,(H,41,48)/p+1/t20-/m0/s1. The van der Waals surface area contributed by atoms with E-state index in [0.717, 1.165) is 36.5 Å². The number of pyridine rings is 1. The fraction of sp³-hybridized carbons (Fsp3) is 0.394. The molecule has 4 N–H and O–H groups in total. The maximum Gasteiger partial charge on any atom is 0.435 e. The van der Waals surface area contributed by atoms with Gasteiger partial charge in [-0.25, -0.2) is 14.6 Å². The number of aromatic nitrogens is 5. The van der Waals surface area contributed by atoms with Gasteiger partial charge in [-0.05, 0) is 36.8 Å². The van der Waals surface area contributed by atoms with Crippen molar-refractivity contribution in [2.75, 3.05) is 57.9 Å². The summed E-state index contributed by atoms with van der Waals surface area (Å²) in [6, 6.07) is 7.33. The first-order valence-corrected chi connectivity index (χ1v) is 16.4. The summed E-state index contributed by atoms with van der Waals surface area (Å²) in [7, 11) is 5.52. The van der Waals surface area contributed by atoms with Gasteiger partial charge in [0.25, 0.3) is 11.8 Å². The molecule has 17 heteroatoms. The minimum absolute atomic E-state index is 0.00952. The Bertz CT molecular complexity index is 1870. The Balaban J connectivity index is 1.26. The highest BCUT2D eigenvalue weighted by Crippen LogP contribution is 2.37. The predicted molar refractivity (Wildman–Crippen MR) is 181 cm³/mol. The molecule has 1 aliphatic rings. The van der Waals surface area contributed by atoms with Gasteiger partial charge in [-0.2, -0.15) is 18.3 Å². The largest absolute Gasteiger partial charge is 0.435 e. The summed E-state index contributed by atoms with van der Waals surface area (Å²) in [6.45, 7) is 4.50. The van der Waals surface area contributed by atoms with Crippen LogP contribution in [-0.2, 0) is 18.0 Å². The molecule has 4 aromatic rings. The Kier molecular flexibility index (Phi) is 10.8. The van der Waals surface area contributed by atoms with Gasteiger partial charge in [0.1, 0.15) is 0 Å². The van der Waals surface area contributed by atoms with Crippen molar-refractivity contribution in [2.45, 2.75) is 25.9 Å². The van der Waals surface area contributed by atoms with Crippen LogP contribution in [0.15, 0.2) is 48.9 Å². The van der Waals surface area contributed by atoms with Crippen LogP contribution < -0.4 is 16.0 Å². The first-order valence-electron chi connectivity index (χ1n) is 16.1. The van der Waals surface area contributed by atoms with Crippen molar-refractivity contribution in [3.8, 4) is 17.1 Å². The number of piperazine rings is 1. The van der Waals surface area contributed by atoms with Gasteiger partial charge in [0.05, 0.1) is 60.6 Å². The minimum atomic E-state index is -4.81. The number of imidazole rings is 1. The van der Waals surface area contributed by atoms with Crippen molar-refractivity contribution >= 4 is 40.7 Å². The summed E-state index contributed by atoms with van der Waals surface area (Å²) >= 11 is 6.50. The molecule has 50 heavy (non-hydrogen) atoms. The quantitative estimate of drug-likeness (QED) is 0.229. The van der Waals surface area contributed by atoms with Crippen molar-refractivity contribution in [2.24, 2.45) is 13.0 Å². The fourth-order valence-corrected chi connectivity index (χ4v) is 6.03. The lowest BCUT2D eigenvalue weighted by Gasteiger charge is -2.36. The van der Waals surface area contributed by atoms with Crippen LogP contribution in [0.4, 0.5) is 24.5 Å². The van der Waals surface area contributed by atoms with Crippen molar-refractivity contribution in [1.29, 1.82) is 0 Å². The zero-order valence-corrected chi connectivity index (χ0v) is 28.8. The fourth-order valence-electron chi connectivity index (χ4n) is 5.77. The maximum atomic E-state index is 14.0. The smallest absolute Gasteiger partial charge is 0.397 e. The highest BCUT2D eigenvalue weighted by Gasteiger charge is 2.39. The monoisotopic (exact) mass is 715 g/mol. The van der Waals surface area contributed by atoms with Crippen LogP contribution in [0, 0.1) is 5.92 Å². The molecule has 0 spiro atoms. The van der Waals surface area contributed by atoms with Crippen LogP contribution in [0.1, 0.15) is 46.4 Å². The van der Waals surface area contributed by atoms with Crippen molar-refractivity contribution in [3.63, 3.8) is 0 Å². The third-order valence-electron chi connectivity index (χ3n) is 8.63. The zero-order valence-electron chi connectivity index (χ0n) is 28.1. The normalized spacial score (nSPS) is 14.3. The molecule has 0 aliphatic carbocycles. The summed E-state index contributed by atoms with van der Waals surface area (Å²) in [6.07, 6.45) is 0.363. The highest BCUT2D eigenvalue weighted by atomic mass is 35.5. The summed E-state index contributed by atoms with van der Waals surface area (Å²) in [5, 5.41) is 6.44. The second kappa shape index (κ2) is 14.9. The molecule has 3 aromatic heterocycles. The van der Waals surface area contributed by atoms with Gasteiger partial charge in [0.15, 0.2) is 17.3 Å². The number of nitrogen functional groups attached to an aromatic ring is 1. The third-order valence-corrected chi connectivity index (χ3v) is 8.94. The van der Waals surface area contributed by atoms with Crippen LogP contribution in [0.25, 0.3) is 17.1 Å². The number of nitrogens with one attached hydrogen (secondary N) is 2. The summed E-state index contributed by atoms with van der Waals surface area (Å²) < 4.78 is 44.2. The van der Waals surface area contributed by atoms with Gasteiger partial charge in [-0.15, -0.1) is 0 Å². The van der Waals surface area contributed by atoms with Gasteiger partial charge in [-0.1, -0.05) is 18.5 Å². The lowest BCUT2D eigenvalue weighted by molar-refractivity contribution is -0.858. The number of halogens is 4. The Morgan fingerprint density at radius 2 is 1.74 bits per heavy atom. The van der Waals surface area contributed by atoms with Crippen LogP contribution in [-0.4, -0.2) is 98.7 Å². The van der Waals surface area contributed by atoms with E-state index in [1.54, 1.807) is 4.90 Å². The van der Waals surface area contributed by atoms with E-state index in [2.05, 4.69) is 34.5 Å². The highest BCUT2D eigenvalue weighted by molar-refractivity contribution is 6.34. The van der Waals surface area contributed by atoms with Gasteiger partial charge in [0.2, 0.25) is 5.91 Å². The third kappa shape index (κ3) is 7.91. The SMILES string of the molecule is CC[C@@H](CC[NH+](C)C)C(=O)N1CCN(C(=O)c2ccc(NC(=O)c3ncc(-c4cn(-c5ccc(N)cn5)nc4C(F)(F)F)n3C)cc2Cl)CC1. The zero-order chi connectivity index (χ0) is 36.3. The number of amides is 3. The topological polar surface area (TPSA) is 149 Å². The van der Waals surface area contributed by atoms with E-state index < -0.39 is 17.8 Å². The summed E-state index contributed by atoms with van der Waals surface area (Å²) in [4.78, 5) is 52.5. The number of nitrogens with two attached hydrogens (primary N) is 1. The Morgan fingerprint density at radius 1 is 1.04 bits per heavy atom. The maximum absolute atomic E-state index is 14.0. The van der Waals surface area contributed by atoms with Gasteiger partial charge < -0.3 is 30.3 Å². The molecule has 1 aliphatic heterocycles. The number of quaternary nitrogens is 1. The second-order valence-corrected chi connectivity index (χ2v) is 12.8. The molecule has 1 aromatic carbocycles. The average molecular weight is 716 g/mol. The van der Waals surface area contributed by atoms with Crippen LogP contribution >= 0.6 is 11.6 Å². The van der Waals surface area contributed by atoms with Gasteiger partial charge in [-0.3, -0.25) is 14.4 Å². The Hall–Kier alpha value is -4.96. The first-order chi connectivity index (χ1) is 23.7. The van der Waals surface area contributed by atoms with E-state index >= 15 is 0 Å². The van der Waals surface area contributed by atoms with Crippen molar-refractivity contribution in [3.05, 3.63) is 71.0 Å². The average Bonchev–Trinajstić information content (AvgIpc) is 3.69. The summed E-state index contributed by atoms with van der Waals surface area (Å²) in [5.41, 5.74) is 4.96. The van der Waals surface area contributed by atoms with E-state index in [-0.39, 0.29) is 56.9 Å². The number of alkyl halides is 3. The van der Waals surface area contributed by atoms with Crippen LogP contribution in [0.5, 0.6) is 0 Å². The van der Waals surface area contributed by atoms with E-state index in [9.17, 15) is 27.6 Å². The number of hydrogen-bond donors (Lipinski definition) is 3. The number of rotatable bonds is 10. The lowest BCUT2D eigenvalue weighted by atomic mass is 10.00. The van der Waals surface area contributed by atoms with Gasteiger partial charge >= 0.3 is 6.18 Å². The Labute approximate surface area is 291 Å². The first kappa shape index (κ1) is 36.3. The minimum Gasteiger partial charge on any atom is -0.397 e. The molecule has 1 fully saturated rings. The molecule has 0 saturated carbocycles. The molecular weight excluding hydrogens is 677 g/mol. The molecule has 1 atom stereocenters. The molecular formula is C33H39ClF3N10O3+. The number of anilines is 2. The number of carbonyl (C=O) groups is 3. The molecule has 4 heterocycles. The summed E-state index contributed by atoms with van der Waals surface area (Å²) in [5.74, 6) is -1.01. The van der Waals surface area contributed by atoms with E-state index in [1.165, 1.54) is 53.0 Å². The second-order valence-electron chi connectivity index (χ2n) is 12.4. The number of benzene rings is 1. The van der Waals surface area contributed by atoms with Gasteiger partial charge in [0, 0.05) is 57.4 Å². The Morgan fingerprint density at radius 3 is 2.34 bits per heavy atom. The molecule has 13 nitrogen and oxygen atoms in total. The van der Waals surface area contributed by atoms with Crippen molar-refractivity contribution < 1.29 is 32.5 Å². The molecule has 0 radical (unpaired) electrons. The van der Waals surface area contributed by atoms with Crippen LogP contribution in [0.3, 0.4) is 0 Å². The van der Waals surface area contributed by atoms with E-state index in [4.69, 9.17) is 17.3 Å². The van der Waals surface area contributed by atoms with E-state index in [1.807, 2.05) is 11.8 Å². The molecule has 1 saturated heterocycles. The number of hydrogen-bond acceptors (Lipinski definition) is 7. The molecule has 0 unspecified atom stereocenters. The number of carbonyl (C=O) groups excluding carboxylic acids is 3. The molecule has 266 valence electrons. The van der Waals surface area contributed by atoms with Crippen molar-refractivity contribution in [1.82, 2.24) is 34.1 Å². The van der Waals surface area contributed by atoms with Crippen LogP contribution in [0.2, 0.25) is 5.02 Å². The predicted octanol–water partition coefficient (Wildman–Crippen LogP) is 3.02. The molecule has 5 rings (SSSR count). The van der Waals surface area contributed by atoms with E-state index in [0.29, 0.717) is 31.9 Å². The lowest BCUT2D eigenvalue weighted by Crippen LogP contribution is -3.05. The number of nitrogens with zero attached hydrogens (tertiary/aromatic N) is 7. The molecule has 3 amide bonds. The molecule has 0 bridgehead atoms.